The first kappa shape index (κ1) is 14.4. The minimum Gasteiger partial charge on any atom is -0.465 e. The van der Waals surface area contributed by atoms with Crippen LogP contribution in [0.3, 0.4) is 0 Å². The predicted molar refractivity (Wildman–Crippen MR) is 69.4 cm³/mol. The van der Waals surface area contributed by atoms with E-state index in [0.29, 0.717) is 5.56 Å². The number of esters is 1. The summed E-state index contributed by atoms with van der Waals surface area (Å²) in [5.74, 6) is -0.672. The van der Waals surface area contributed by atoms with Gasteiger partial charge in [-0.05, 0) is 18.9 Å². The van der Waals surface area contributed by atoms with Gasteiger partial charge in [-0.3, -0.25) is 9.59 Å². The zero-order valence-electron chi connectivity index (χ0n) is 10.8. The third-order valence-corrected chi connectivity index (χ3v) is 2.68. The molecule has 18 heavy (non-hydrogen) atoms. The third kappa shape index (κ3) is 3.96. The van der Waals surface area contributed by atoms with E-state index < -0.39 is 12.0 Å². The first-order valence-electron chi connectivity index (χ1n) is 6.12. The Hall–Kier alpha value is -1.68. The Morgan fingerprint density at radius 2 is 1.83 bits per heavy atom. The van der Waals surface area contributed by atoms with E-state index in [-0.39, 0.29) is 18.8 Å². The van der Waals surface area contributed by atoms with Crippen LogP contribution in [-0.4, -0.2) is 24.4 Å². The first-order chi connectivity index (χ1) is 8.58. The highest BCUT2D eigenvalue weighted by Crippen LogP contribution is 2.09. The molecule has 0 fully saturated rings. The average Bonchev–Trinajstić information content (AvgIpc) is 2.39. The molecule has 0 heterocycles. The molecule has 2 N–H and O–H groups in total. The van der Waals surface area contributed by atoms with Crippen molar-refractivity contribution in [2.45, 2.75) is 32.7 Å². The lowest BCUT2D eigenvalue weighted by Gasteiger charge is -2.09. The fraction of sp³-hybridized carbons (Fsp3) is 0.429. The van der Waals surface area contributed by atoms with Gasteiger partial charge in [-0.1, -0.05) is 31.2 Å². The molecule has 0 aliphatic rings. The summed E-state index contributed by atoms with van der Waals surface area (Å²) < 4.78 is 4.76. The summed E-state index contributed by atoms with van der Waals surface area (Å²) >= 11 is 0. The molecule has 1 aromatic rings. The maximum atomic E-state index is 11.9. The quantitative estimate of drug-likeness (QED) is 0.615. The number of nitrogens with two attached hydrogens (primary N) is 1. The first-order valence-corrected chi connectivity index (χ1v) is 6.12. The predicted octanol–water partition coefficient (Wildman–Crippen LogP) is 1.71. The summed E-state index contributed by atoms with van der Waals surface area (Å²) in [6.45, 7) is 4.02. The van der Waals surface area contributed by atoms with E-state index in [1.807, 2.05) is 19.1 Å². The smallest absolute Gasteiger partial charge is 0.323 e. The van der Waals surface area contributed by atoms with Crippen molar-refractivity contribution in [2.24, 2.45) is 5.73 Å². The van der Waals surface area contributed by atoms with Crippen LogP contribution in [0, 0.1) is 0 Å². The molecule has 4 heteroatoms. The third-order valence-electron chi connectivity index (χ3n) is 2.68. The second-order valence-corrected chi connectivity index (χ2v) is 4.04. The summed E-state index contributed by atoms with van der Waals surface area (Å²) in [4.78, 5) is 23.2. The number of rotatable bonds is 6. The molecule has 0 bridgehead atoms. The Morgan fingerprint density at radius 3 is 2.33 bits per heavy atom. The highest BCUT2D eigenvalue weighted by atomic mass is 16.5. The summed E-state index contributed by atoms with van der Waals surface area (Å²) in [6.07, 6.45) is 0.904. The van der Waals surface area contributed by atoms with E-state index in [1.54, 1.807) is 19.1 Å². The average molecular weight is 249 g/mol. The molecule has 1 rings (SSSR count). The molecule has 0 saturated carbocycles. The van der Waals surface area contributed by atoms with Crippen molar-refractivity contribution in [1.29, 1.82) is 0 Å². The van der Waals surface area contributed by atoms with Gasteiger partial charge in [0.15, 0.2) is 5.78 Å². The number of aryl methyl sites for hydroxylation is 1. The van der Waals surface area contributed by atoms with Crippen molar-refractivity contribution in [3.05, 3.63) is 35.4 Å². The largest absolute Gasteiger partial charge is 0.465 e. The van der Waals surface area contributed by atoms with Crippen molar-refractivity contribution in [1.82, 2.24) is 0 Å². The van der Waals surface area contributed by atoms with Crippen LogP contribution >= 0.6 is 0 Å². The molecule has 0 aliphatic carbocycles. The molecule has 1 unspecified atom stereocenters. The Labute approximate surface area is 107 Å². The molecule has 98 valence electrons. The van der Waals surface area contributed by atoms with Crippen LogP contribution in [0.1, 0.15) is 36.2 Å². The molecule has 0 radical (unpaired) electrons. The fourth-order valence-electron chi connectivity index (χ4n) is 1.58. The molecule has 1 atom stereocenters. The maximum Gasteiger partial charge on any atom is 0.323 e. The van der Waals surface area contributed by atoms with Gasteiger partial charge in [0.05, 0.1) is 6.61 Å². The zero-order valence-corrected chi connectivity index (χ0v) is 10.8. The van der Waals surface area contributed by atoms with Crippen LogP contribution in [-0.2, 0) is 16.0 Å². The number of ketones is 1. The number of hydrogen-bond acceptors (Lipinski definition) is 4. The Bertz CT molecular complexity index is 412. The second-order valence-electron chi connectivity index (χ2n) is 4.04. The van der Waals surface area contributed by atoms with Crippen LogP contribution in [0.5, 0.6) is 0 Å². The Kier molecular flexibility index (Phi) is 5.52. The number of benzene rings is 1. The number of Topliss-reactive ketones (excluding diaryl/α,β-unsaturated/α-hetero) is 1. The van der Waals surface area contributed by atoms with Crippen molar-refractivity contribution in [3.63, 3.8) is 0 Å². The van der Waals surface area contributed by atoms with E-state index in [1.165, 1.54) is 5.56 Å². The molecular formula is C14H19NO3. The Balaban J connectivity index is 2.61. The maximum absolute atomic E-state index is 11.9. The van der Waals surface area contributed by atoms with Gasteiger partial charge < -0.3 is 10.5 Å². The van der Waals surface area contributed by atoms with Gasteiger partial charge >= 0.3 is 5.97 Å². The number of ether oxygens (including phenoxy) is 1. The monoisotopic (exact) mass is 249 g/mol. The minimum atomic E-state index is -0.886. The van der Waals surface area contributed by atoms with Gasteiger partial charge in [-0.15, -0.1) is 0 Å². The van der Waals surface area contributed by atoms with Gasteiger partial charge in [-0.2, -0.15) is 0 Å². The highest BCUT2D eigenvalue weighted by molar-refractivity contribution is 5.98. The van der Waals surface area contributed by atoms with Gasteiger partial charge in [0, 0.05) is 12.0 Å². The number of carbonyl (C=O) groups is 2. The molecule has 0 aliphatic heterocycles. The lowest BCUT2D eigenvalue weighted by Crippen LogP contribution is -2.34. The van der Waals surface area contributed by atoms with Crippen molar-refractivity contribution in [2.75, 3.05) is 6.61 Å². The normalized spacial score (nSPS) is 11.9. The summed E-state index contributed by atoms with van der Waals surface area (Å²) in [5, 5.41) is 0. The molecule has 0 amide bonds. The zero-order chi connectivity index (χ0) is 13.5. The number of carbonyl (C=O) groups excluding carboxylic acids is 2. The van der Waals surface area contributed by atoms with Crippen LogP contribution in [0.25, 0.3) is 0 Å². The number of hydrogen-bond donors (Lipinski definition) is 1. The van der Waals surface area contributed by atoms with E-state index in [9.17, 15) is 9.59 Å². The van der Waals surface area contributed by atoms with E-state index in [4.69, 9.17) is 10.5 Å². The van der Waals surface area contributed by atoms with Gasteiger partial charge in [0.2, 0.25) is 0 Å². The van der Waals surface area contributed by atoms with Gasteiger partial charge in [0.25, 0.3) is 0 Å². The van der Waals surface area contributed by atoms with Crippen molar-refractivity contribution >= 4 is 11.8 Å². The van der Waals surface area contributed by atoms with Gasteiger partial charge in [0.1, 0.15) is 6.04 Å². The molecule has 4 nitrogen and oxygen atoms in total. The fourth-order valence-corrected chi connectivity index (χ4v) is 1.58. The molecule has 0 aromatic heterocycles. The lowest BCUT2D eigenvalue weighted by atomic mass is 10.0. The van der Waals surface area contributed by atoms with Crippen molar-refractivity contribution < 1.29 is 14.3 Å². The molecule has 0 saturated heterocycles. The summed E-state index contributed by atoms with van der Waals surface area (Å²) in [5.41, 5.74) is 7.35. The highest BCUT2D eigenvalue weighted by Gasteiger charge is 2.19. The summed E-state index contributed by atoms with van der Waals surface area (Å²) in [6, 6.07) is 6.45. The Morgan fingerprint density at radius 1 is 1.22 bits per heavy atom. The minimum absolute atomic E-state index is 0.0235. The van der Waals surface area contributed by atoms with E-state index in [2.05, 4.69) is 0 Å². The molecular weight excluding hydrogens is 230 g/mol. The van der Waals surface area contributed by atoms with Crippen LogP contribution < -0.4 is 5.73 Å². The van der Waals surface area contributed by atoms with E-state index in [0.717, 1.165) is 6.42 Å². The van der Waals surface area contributed by atoms with Crippen LogP contribution in [0.2, 0.25) is 0 Å². The lowest BCUT2D eigenvalue weighted by molar-refractivity contribution is -0.144. The molecule has 0 spiro atoms. The van der Waals surface area contributed by atoms with Gasteiger partial charge in [-0.25, -0.2) is 0 Å². The van der Waals surface area contributed by atoms with Crippen LogP contribution in [0.4, 0.5) is 0 Å². The molecule has 1 aromatic carbocycles. The SMILES string of the molecule is CCOC(=O)C(N)CC(=O)c1ccc(CC)cc1. The second kappa shape index (κ2) is 6.91. The summed E-state index contributed by atoms with van der Waals surface area (Å²) in [7, 11) is 0. The van der Waals surface area contributed by atoms with Crippen molar-refractivity contribution in [3.8, 4) is 0 Å². The topological polar surface area (TPSA) is 69.4 Å². The van der Waals surface area contributed by atoms with Crippen LogP contribution in [0.15, 0.2) is 24.3 Å². The van der Waals surface area contributed by atoms with E-state index >= 15 is 0 Å². The standard InChI is InChI=1S/C14H19NO3/c1-3-10-5-7-11(8-6-10)13(16)9-12(15)14(17)18-4-2/h5-8,12H,3-4,9,15H2,1-2H3.